The molecule has 5 rings (SSSR count). The van der Waals surface area contributed by atoms with E-state index in [0.29, 0.717) is 35.4 Å². The van der Waals surface area contributed by atoms with Crippen LogP contribution in [-0.2, 0) is 40.4 Å². The number of aliphatic hydroxyl groups is 1. The summed E-state index contributed by atoms with van der Waals surface area (Å²) in [6.07, 6.45) is 4.87. The van der Waals surface area contributed by atoms with Gasteiger partial charge in [0.15, 0.2) is 0 Å². The highest BCUT2D eigenvalue weighted by molar-refractivity contribution is 7.84. The van der Waals surface area contributed by atoms with Crippen molar-refractivity contribution in [1.29, 1.82) is 0 Å². The highest BCUT2D eigenvalue weighted by Crippen LogP contribution is 2.35. The normalized spacial score (nSPS) is 22.6. The molecule has 12 heteroatoms. The first-order chi connectivity index (χ1) is 17.2. The maximum Gasteiger partial charge on any atom is 0.333 e. The van der Waals surface area contributed by atoms with Gasteiger partial charge in [0.25, 0.3) is 0 Å². The van der Waals surface area contributed by atoms with E-state index < -0.39 is 16.4 Å². The number of rotatable bonds is 9. The third kappa shape index (κ3) is 6.08. The average molecular weight is 549 g/mol. The molecular weight excluding hydrogens is 520 g/mol. The molecule has 0 aromatic carbocycles. The molecule has 4 heterocycles. The molecular formula is C24H28N4O5S3. The Morgan fingerprint density at radius 1 is 1.31 bits per heavy atom. The minimum atomic E-state index is -4.06. The zero-order chi connectivity index (χ0) is 25.3. The Morgan fingerprint density at radius 2 is 2.17 bits per heavy atom. The van der Waals surface area contributed by atoms with Crippen molar-refractivity contribution < 1.29 is 22.5 Å². The number of carbonyl (C=O) groups is 1. The number of hydrogen-bond donors (Lipinski definition) is 2. The lowest BCUT2D eigenvalue weighted by Gasteiger charge is -2.26. The van der Waals surface area contributed by atoms with Crippen LogP contribution in [0.15, 0.2) is 35.4 Å². The van der Waals surface area contributed by atoms with Crippen LogP contribution in [0, 0.1) is 11.8 Å². The van der Waals surface area contributed by atoms with Crippen LogP contribution in [0.25, 0.3) is 0 Å². The summed E-state index contributed by atoms with van der Waals surface area (Å²) in [7, 11) is -4.06. The molecule has 1 aliphatic carbocycles. The van der Waals surface area contributed by atoms with Crippen molar-refractivity contribution in [2.75, 3.05) is 13.2 Å². The Kier molecular flexibility index (Phi) is 7.63. The second kappa shape index (κ2) is 10.7. The largest absolute Gasteiger partial charge is 0.393 e. The number of hydrogen-bond acceptors (Lipinski definition) is 10. The smallest absolute Gasteiger partial charge is 0.333 e. The van der Waals surface area contributed by atoms with E-state index in [1.54, 1.807) is 6.20 Å². The molecule has 0 bridgehead atoms. The third-order valence-electron chi connectivity index (χ3n) is 6.89. The van der Waals surface area contributed by atoms with Gasteiger partial charge < -0.3 is 5.11 Å². The first kappa shape index (κ1) is 25.6. The fraction of sp³-hybridized carbons (Fsp3) is 0.458. The second-order valence-corrected chi connectivity index (χ2v) is 12.6. The molecule has 3 aromatic heterocycles. The van der Waals surface area contributed by atoms with Gasteiger partial charge in [-0.25, -0.2) is 15.1 Å². The monoisotopic (exact) mass is 548 g/mol. The summed E-state index contributed by atoms with van der Waals surface area (Å²) >= 11 is 3.26. The van der Waals surface area contributed by atoms with Gasteiger partial charge in [-0.3, -0.25) is 13.9 Å². The highest BCUT2D eigenvalue weighted by Gasteiger charge is 2.35. The van der Waals surface area contributed by atoms with E-state index in [1.807, 2.05) is 22.8 Å². The minimum absolute atomic E-state index is 0.0375. The standard InChI is InChI=1S/C24H28N4O5S3/c25-36(31,32)33-12-18-5-15(7-21(18)29)6-20-19(9-26-14-27-20)24(30)23-8-16(13-35-23)10-28-3-1-22-17(11-28)2-4-34-22/h2,4,8-9,13-15,18,21,29H,1,3,5-7,10-12H2,(H2,25,31,32)/t15-,18+,21-/m0/s1. The number of aliphatic hydroxyl groups excluding tert-OH is 1. The second-order valence-electron chi connectivity index (χ2n) is 9.51. The van der Waals surface area contributed by atoms with Crippen molar-refractivity contribution in [3.8, 4) is 0 Å². The number of aromatic nitrogens is 2. The minimum Gasteiger partial charge on any atom is -0.393 e. The molecule has 0 spiro atoms. The Morgan fingerprint density at radius 3 is 3.00 bits per heavy atom. The highest BCUT2D eigenvalue weighted by atomic mass is 32.2. The van der Waals surface area contributed by atoms with Crippen LogP contribution in [0.1, 0.15) is 49.8 Å². The summed E-state index contributed by atoms with van der Waals surface area (Å²) in [6.45, 7) is 2.60. The van der Waals surface area contributed by atoms with Crippen LogP contribution in [0.3, 0.4) is 0 Å². The van der Waals surface area contributed by atoms with E-state index in [9.17, 15) is 18.3 Å². The summed E-state index contributed by atoms with van der Waals surface area (Å²) in [5.41, 5.74) is 3.62. The van der Waals surface area contributed by atoms with Crippen molar-refractivity contribution >= 4 is 38.8 Å². The number of ketones is 1. The number of nitrogens with two attached hydrogens (primary N) is 1. The summed E-state index contributed by atoms with van der Waals surface area (Å²) < 4.78 is 26.9. The SMILES string of the molecule is NS(=O)(=O)OC[C@H]1C[C@@H](Cc2ncncc2C(=O)c2cc(CN3CCc4sccc4C3)cs2)C[C@@H]1O. The average Bonchev–Trinajstić information content (AvgIpc) is 3.57. The lowest BCUT2D eigenvalue weighted by molar-refractivity contribution is 0.100. The summed E-state index contributed by atoms with van der Waals surface area (Å²) in [4.78, 5) is 26.4. The van der Waals surface area contributed by atoms with Crippen LogP contribution in [0.5, 0.6) is 0 Å². The third-order valence-corrected chi connectivity index (χ3v) is 9.36. The molecule has 0 radical (unpaired) electrons. The van der Waals surface area contributed by atoms with Crippen molar-refractivity contribution in [2.24, 2.45) is 17.0 Å². The van der Waals surface area contributed by atoms with Crippen LogP contribution < -0.4 is 5.14 Å². The quantitative estimate of drug-likeness (QED) is 0.390. The lowest BCUT2D eigenvalue weighted by atomic mass is 9.96. The van der Waals surface area contributed by atoms with Gasteiger partial charge in [0.1, 0.15) is 6.33 Å². The van der Waals surface area contributed by atoms with Crippen LogP contribution in [0.4, 0.5) is 0 Å². The van der Waals surface area contributed by atoms with E-state index in [-0.39, 0.29) is 24.2 Å². The Bertz CT molecular complexity index is 1340. The zero-order valence-electron chi connectivity index (χ0n) is 19.6. The lowest BCUT2D eigenvalue weighted by Crippen LogP contribution is -2.28. The molecule has 0 saturated heterocycles. The molecule has 192 valence electrons. The topological polar surface area (TPSA) is 136 Å². The van der Waals surface area contributed by atoms with Gasteiger partial charge in [-0.05, 0) is 65.6 Å². The number of nitrogens with zero attached hydrogens (tertiary/aromatic N) is 3. The fourth-order valence-corrected chi connectivity index (χ4v) is 7.25. The predicted molar refractivity (Wildman–Crippen MR) is 137 cm³/mol. The summed E-state index contributed by atoms with van der Waals surface area (Å²) in [5.74, 6) is -0.405. The van der Waals surface area contributed by atoms with E-state index in [0.717, 1.165) is 31.6 Å². The molecule has 0 unspecified atom stereocenters. The van der Waals surface area contributed by atoms with Gasteiger partial charge in [-0.1, -0.05) is 0 Å². The Hall–Kier alpha value is -2.06. The zero-order valence-corrected chi connectivity index (χ0v) is 22.0. The van der Waals surface area contributed by atoms with E-state index in [2.05, 4.69) is 30.5 Å². The van der Waals surface area contributed by atoms with E-state index in [4.69, 9.17) is 5.14 Å². The maximum absolute atomic E-state index is 13.4. The number of fused-ring (bicyclic) bond motifs is 1. The van der Waals surface area contributed by atoms with Gasteiger partial charge in [0.05, 0.1) is 28.8 Å². The van der Waals surface area contributed by atoms with Gasteiger partial charge in [0.2, 0.25) is 5.78 Å². The Labute approximate surface area is 218 Å². The van der Waals surface area contributed by atoms with Gasteiger partial charge >= 0.3 is 10.3 Å². The van der Waals surface area contributed by atoms with Crippen molar-refractivity contribution in [3.63, 3.8) is 0 Å². The summed E-state index contributed by atoms with van der Waals surface area (Å²) in [6, 6.07) is 4.16. The maximum atomic E-state index is 13.4. The Balaban J connectivity index is 1.23. The van der Waals surface area contributed by atoms with Crippen molar-refractivity contribution in [1.82, 2.24) is 14.9 Å². The molecule has 1 fully saturated rings. The fourth-order valence-electron chi connectivity index (χ4n) is 5.13. The molecule has 3 N–H and O–H groups in total. The van der Waals surface area contributed by atoms with Crippen LogP contribution >= 0.6 is 22.7 Å². The predicted octanol–water partition coefficient (Wildman–Crippen LogP) is 2.54. The summed E-state index contributed by atoms with van der Waals surface area (Å²) in [5, 5.41) is 19.5. The van der Waals surface area contributed by atoms with Gasteiger partial charge in [0, 0.05) is 36.6 Å². The molecule has 3 atom stereocenters. The van der Waals surface area contributed by atoms with Gasteiger partial charge in [-0.2, -0.15) is 8.42 Å². The number of thiophene rings is 2. The molecule has 36 heavy (non-hydrogen) atoms. The number of carbonyl (C=O) groups excluding carboxylic acids is 1. The van der Waals surface area contributed by atoms with Crippen LogP contribution in [-0.4, -0.2) is 53.4 Å². The van der Waals surface area contributed by atoms with Crippen LogP contribution in [0.2, 0.25) is 0 Å². The van der Waals surface area contributed by atoms with Crippen molar-refractivity contribution in [3.05, 3.63) is 67.6 Å². The molecule has 2 aliphatic rings. The molecule has 0 amide bonds. The van der Waals surface area contributed by atoms with E-state index >= 15 is 0 Å². The molecule has 1 saturated carbocycles. The van der Waals surface area contributed by atoms with Gasteiger partial charge in [-0.15, -0.1) is 22.7 Å². The molecule has 3 aromatic rings. The first-order valence-corrected chi connectivity index (χ1v) is 15.0. The first-order valence-electron chi connectivity index (χ1n) is 11.8. The van der Waals surface area contributed by atoms with Crippen molar-refractivity contribution in [2.45, 2.75) is 44.9 Å². The van der Waals surface area contributed by atoms with E-state index in [1.165, 1.54) is 28.1 Å². The molecule has 9 nitrogen and oxygen atoms in total. The molecule has 1 aliphatic heterocycles.